The fourth-order valence-electron chi connectivity index (χ4n) is 2.46. The summed E-state index contributed by atoms with van der Waals surface area (Å²) in [4.78, 5) is 15.1. The molecule has 1 N–H and O–H groups in total. The molecular weight excluding hydrogens is 377 g/mol. The van der Waals surface area contributed by atoms with E-state index < -0.39 is 13.2 Å². The van der Waals surface area contributed by atoms with Crippen LogP contribution in [0.2, 0.25) is 0 Å². The number of carbonyl (C=O) groups is 1. The van der Waals surface area contributed by atoms with Gasteiger partial charge in [-0.2, -0.15) is 0 Å². The molecular formula is C19H18BF4NO3. The van der Waals surface area contributed by atoms with Crippen molar-refractivity contribution in [2.45, 2.75) is 13.3 Å². The van der Waals surface area contributed by atoms with Gasteiger partial charge in [-0.05, 0) is 24.1 Å². The number of carboxylic acid groups (broad SMARTS) is 1. The van der Waals surface area contributed by atoms with Crippen molar-refractivity contribution >= 4 is 24.2 Å². The highest BCUT2D eigenvalue weighted by Gasteiger charge is 2.20. The summed E-state index contributed by atoms with van der Waals surface area (Å²) in [6, 6.07) is 17.5. The van der Waals surface area contributed by atoms with Crippen molar-refractivity contribution < 1.29 is 33.0 Å². The summed E-state index contributed by atoms with van der Waals surface area (Å²) in [5.74, 6) is -0.279. The van der Waals surface area contributed by atoms with Crippen LogP contribution in [0.25, 0.3) is 22.3 Å². The van der Waals surface area contributed by atoms with Crippen molar-refractivity contribution in [1.82, 2.24) is 0 Å². The highest BCUT2D eigenvalue weighted by molar-refractivity contribution is 6.50. The molecule has 0 spiro atoms. The molecule has 0 aliphatic heterocycles. The molecule has 0 unspecified atom stereocenters. The molecule has 1 heterocycles. The van der Waals surface area contributed by atoms with Gasteiger partial charge in [-0.3, -0.25) is 9.79 Å². The third kappa shape index (κ3) is 6.57. The second kappa shape index (κ2) is 9.21. The average Bonchev–Trinajstić information content (AvgIpc) is 2.64. The molecule has 148 valence electrons. The van der Waals surface area contributed by atoms with Gasteiger partial charge in [-0.25, -0.2) is 0 Å². The lowest BCUT2D eigenvalue weighted by Crippen LogP contribution is -2.09. The number of hydrogen-bond acceptors (Lipinski definition) is 3. The first kappa shape index (κ1) is 21.2. The Kier molecular flexibility index (Phi) is 6.97. The maximum Gasteiger partial charge on any atom is 1.00 e. The molecule has 0 aliphatic carbocycles. The molecule has 28 heavy (non-hydrogen) atoms. The third-order valence-electron chi connectivity index (χ3n) is 3.66. The fourth-order valence-corrected chi connectivity index (χ4v) is 2.46. The summed E-state index contributed by atoms with van der Waals surface area (Å²) >= 11 is 0. The molecule has 1 aromatic heterocycles. The van der Waals surface area contributed by atoms with E-state index in [4.69, 9.17) is 9.52 Å². The zero-order chi connectivity index (χ0) is 20.7. The monoisotopic (exact) mass is 395 g/mol. The predicted octanol–water partition coefficient (Wildman–Crippen LogP) is 5.06. The minimum Gasteiger partial charge on any atom is -0.480 e. The summed E-state index contributed by atoms with van der Waals surface area (Å²) in [7, 11) is -6.00. The van der Waals surface area contributed by atoms with Gasteiger partial charge in [0.25, 0.3) is 0 Å². The van der Waals surface area contributed by atoms with E-state index in [2.05, 4.69) is 11.9 Å². The number of benzene rings is 2. The van der Waals surface area contributed by atoms with Gasteiger partial charge < -0.3 is 26.8 Å². The maximum atomic E-state index is 10.9. The van der Waals surface area contributed by atoms with Gasteiger partial charge >= 0.3 is 14.7 Å². The number of nitrogens with zero attached hydrogens (tertiary/aromatic N) is 1. The summed E-state index contributed by atoms with van der Waals surface area (Å²) < 4.78 is 45.0. The molecule has 0 radical (unpaired) electrons. The summed E-state index contributed by atoms with van der Waals surface area (Å²) in [6.07, 6.45) is 0.898. The quantitative estimate of drug-likeness (QED) is 0.496. The standard InChI is InChI=1S/C19H17NO3.BF4/c1-2-13-8-9-17-15(10-13)16(20-12-19(21)22)11-18(23-17)14-6-4-3-5-7-14;2-1(3,4)5/h3-11H,2,12H2,1H3,(H,21,22);/q;-1/p+1. The Morgan fingerprint density at radius 1 is 1.11 bits per heavy atom. The summed E-state index contributed by atoms with van der Waals surface area (Å²) in [5.41, 5.74) is 2.79. The van der Waals surface area contributed by atoms with Crippen LogP contribution in [0.1, 0.15) is 13.9 Å². The second-order valence-corrected chi connectivity index (χ2v) is 5.75. The van der Waals surface area contributed by atoms with Gasteiger partial charge in [0.2, 0.25) is 0 Å². The number of aliphatic carboxylic acids is 1. The van der Waals surface area contributed by atoms with Crippen LogP contribution in [0.4, 0.5) is 17.3 Å². The molecule has 9 heteroatoms. The number of rotatable bonds is 4. The summed E-state index contributed by atoms with van der Waals surface area (Å²) in [6.45, 7) is 1.81. The van der Waals surface area contributed by atoms with E-state index in [-0.39, 0.29) is 7.97 Å². The number of carboxylic acids is 1. The zero-order valence-corrected chi connectivity index (χ0v) is 14.9. The molecule has 0 saturated heterocycles. The first-order valence-corrected chi connectivity index (χ1v) is 8.39. The maximum absolute atomic E-state index is 10.9. The fraction of sp³-hybridized carbons (Fsp3) is 0.158. The largest absolute Gasteiger partial charge is 1.00 e. The molecule has 3 rings (SSSR count). The Labute approximate surface area is 159 Å². The van der Waals surface area contributed by atoms with Gasteiger partial charge in [0.05, 0.1) is 5.36 Å². The van der Waals surface area contributed by atoms with Gasteiger partial charge in [-0.15, -0.1) is 0 Å². The van der Waals surface area contributed by atoms with Gasteiger partial charge in [0.1, 0.15) is 17.9 Å². The van der Waals surface area contributed by atoms with Crippen LogP contribution in [-0.2, 0) is 11.2 Å². The first-order chi connectivity index (χ1) is 13.2. The van der Waals surface area contributed by atoms with Crippen molar-refractivity contribution in [2.24, 2.45) is 4.99 Å². The molecule has 0 amide bonds. The Morgan fingerprint density at radius 2 is 1.75 bits per heavy atom. The van der Waals surface area contributed by atoms with Gasteiger partial charge in [0, 0.05) is 17.0 Å². The highest BCUT2D eigenvalue weighted by atomic mass is 19.5. The molecule has 3 aromatic rings. The van der Waals surface area contributed by atoms with Crippen molar-refractivity contribution in [3.05, 3.63) is 65.5 Å². The topological polar surface area (TPSA) is 62.8 Å². The molecule has 2 aromatic carbocycles. The molecule has 0 saturated carbocycles. The molecule has 0 fully saturated rings. The lowest BCUT2D eigenvalue weighted by atomic mass is 10.1. The van der Waals surface area contributed by atoms with Crippen LogP contribution < -0.4 is 5.36 Å². The van der Waals surface area contributed by atoms with Gasteiger partial charge in [-0.1, -0.05) is 43.3 Å². The van der Waals surface area contributed by atoms with Crippen molar-refractivity contribution in [3.8, 4) is 11.3 Å². The Balaban J connectivity index is 0.000000628. The molecule has 0 aliphatic rings. The lowest BCUT2D eigenvalue weighted by Gasteiger charge is -2.06. The first-order valence-electron chi connectivity index (χ1n) is 8.39. The van der Waals surface area contributed by atoms with Crippen LogP contribution in [0.5, 0.6) is 0 Å². The number of hydrogen-bond donors (Lipinski definition) is 1. The van der Waals surface area contributed by atoms with Crippen LogP contribution in [0, 0.1) is 0 Å². The van der Waals surface area contributed by atoms with Crippen LogP contribution in [-0.4, -0.2) is 24.9 Å². The van der Waals surface area contributed by atoms with Crippen LogP contribution in [0.15, 0.2) is 64.0 Å². The minimum atomic E-state index is -6.00. The zero-order valence-electron chi connectivity index (χ0n) is 15.9. The van der Waals surface area contributed by atoms with E-state index in [1.54, 1.807) is 6.07 Å². The van der Waals surface area contributed by atoms with E-state index in [0.29, 0.717) is 16.7 Å². The smallest absolute Gasteiger partial charge is 0.480 e. The Morgan fingerprint density at radius 3 is 2.32 bits per heavy atom. The highest BCUT2D eigenvalue weighted by Crippen LogP contribution is 2.22. The van der Waals surface area contributed by atoms with Crippen molar-refractivity contribution in [2.75, 3.05) is 6.54 Å². The number of fused-ring (bicyclic) bond motifs is 1. The number of aryl methyl sites for hydroxylation is 1. The Hall–Kier alpha value is -3.10. The normalized spacial score (nSPS) is 11.8. The molecule has 0 atom stereocenters. The molecule has 4 nitrogen and oxygen atoms in total. The second-order valence-electron chi connectivity index (χ2n) is 5.75. The average molecular weight is 395 g/mol. The summed E-state index contributed by atoms with van der Waals surface area (Å²) in [5, 5.41) is 10.4. The minimum absolute atomic E-state index is 0. The SMILES string of the molecule is CCc1ccc2oc(-c3ccccc3)cc(=NCC(=O)O)c2c1.F[B-](F)(F)F.[H+]. The van der Waals surface area contributed by atoms with Crippen LogP contribution in [0.3, 0.4) is 0 Å². The van der Waals surface area contributed by atoms with E-state index in [1.807, 2.05) is 48.5 Å². The van der Waals surface area contributed by atoms with Crippen molar-refractivity contribution in [1.29, 1.82) is 0 Å². The van der Waals surface area contributed by atoms with Crippen LogP contribution >= 0.6 is 0 Å². The predicted molar refractivity (Wildman–Crippen MR) is 100 cm³/mol. The number of halogens is 4. The van der Waals surface area contributed by atoms with Gasteiger partial charge in [0.15, 0.2) is 0 Å². The third-order valence-corrected chi connectivity index (χ3v) is 3.66. The van der Waals surface area contributed by atoms with E-state index in [9.17, 15) is 22.1 Å². The Bertz CT molecular complexity index is 1020. The lowest BCUT2D eigenvalue weighted by molar-refractivity contribution is -0.135. The van der Waals surface area contributed by atoms with E-state index in [1.165, 1.54) is 0 Å². The van der Waals surface area contributed by atoms with Crippen molar-refractivity contribution in [3.63, 3.8) is 0 Å². The molecule has 0 bridgehead atoms. The van der Waals surface area contributed by atoms with E-state index >= 15 is 0 Å². The van der Waals surface area contributed by atoms with E-state index in [0.717, 1.165) is 22.9 Å².